The lowest BCUT2D eigenvalue weighted by atomic mass is 10.2. The number of hydrogen-bond donors (Lipinski definition) is 0. The van der Waals surface area contributed by atoms with Crippen molar-refractivity contribution in [3.63, 3.8) is 0 Å². The summed E-state index contributed by atoms with van der Waals surface area (Å²) in [6.07, 6.45) is 0. The van der Waals surface area contributed by atoms with Crippen molar-refractivity contribution < 1.29 is 14.3 Å². The number of aromatic nitrogens is 3. The summed E-state index contributed by atoms with van der Waals surface area (Å²) in [4.78, 5) is 34.4. The third-order valence-corrected chi connectivity index (χ3v) is 6.81. The van der Waals surface area contributed by atoms with Crippen LogP contribution in [0.2, 0.25) is 0 Å². The van der Waals surface area contributed by atoms with Crippen molar-refractivity contribution in [2.45, 2.75) is 6.54 Å². The Bertz CT molecular complexity index is 1360. The molecule has 1 saturated heterocycles. The van der Waals surface area contributed by atoms with Crippen LogP contribution in [-0.2, 0) is 11.3 Å². The first kappa shape index (κ1) is 23.0. The standard InChI is InChI=1S/C25H25N5O4S/c1-33-20-9-7-18(8-10-20)24-27-30-22(31)15-19(26-25(30)35-24)16-28-11-13-29(14-12-28)23(32)17-34-21-5-3-2-4-6-21/h2-10,15H,11-14,16-17H2,1H3. The van der Waals surface area contributed by atoms with Crippen molar-refractivity contribution >= 4 is 22.2 Å². The summed E-state index contributed by atoms with van der Waals surface area (Å²) >= 11 is 1.38. The van der Waals surface area contributed by atoms with Crippen LogP contribution in [0.1, 0.15) is 5.69 Å². The van der Waals surface area contributed by atoms with Crippen molar-refractivity contribution in [1.82, 2.24) is 24.4 Å². The first-order chi connectivity index (χ1) is 17.1. The highest BCUT2D eigenvalue weighted by molar-refractivity contribution is 7.19. The van der Waals surface area contributed by atoms with Gasteiger partial charge in [0.1, 0.15) is 16.5 Å². The Morgan fingerprint density at radius 2 is 1.74 bits per heavy atom. The normalized spacial score (nSPS) is 14.3. The molecule has 0 saturated carbocycles. The van der Waals surface area contributed by atoms with Gasteiger partial charge in [0.2, 0.25) is 4.96 Å². The van der Waals surface area contributed by atoms with Crippen LogP contribution in [0.3, 0.4) is 0 Å². The summed E-state index contributed by atoms with van der Waals surface area (Å²) in [5.74, 6) is 1.42. The number of rotatable bonds is 7. The summed E-state index contributed by atoms with van der Waals surface area (Å²) in [6.45, 7) is 3.21. The lowest BCUT2D eigenvalue weighted by molar-refractivity contribution is -0.135. The van der Waals surface area contributed by atoms with Crippen LogP contribution in [0.25, 0.3) is 15.5 Å². The molecule has 1 amide bonds. The number of piperazine rings is 1. The number of carbonyl (C=O) groups is 1. The molecule has 0 N–H and O–H groups in total. The molecule has 0 bridgehead atoms. The Hall–Kier alpha value is -3.76. The van der Waals surface area contributed by atoms with E-state index in [-0.39, 0.29) is 18.1 Å². The highest BCUT2D eigenvalue weighted by atomic mass is 32.1. The van der Waals surface area contributed by atoms with Gasteiger partial charge in [0.05, 0.1) is 12.8 Å². The molecule has 0 aliphatic carbocycles. The van der Waals surface area contributed by atoms with Crippen LogP contribution >= 0.6 is 11.3 Å². The summed E-state index contributed by atoms with van der Waals surface area (Å²) in [5, 5.41) is 5.17. The lowest BCUT2D eigenvalue weighted by Gasteiger charge is -2.34. The van der Waals surface area contributed by atoms with E-state index in [1.54, 1.807) is 7.11 Å². The molecule has 2 aromatic carbocycles. The summed E-state index contributed by atoms with van der Waals surface area (Å²) in [5.41, 5.74) is 1.40. The minimum absolute atomic E-state index is 0.0259. The van der Waals surface area contributed by atoms with Gasteiger partial charge in [0.25, 0.3) is 11.5 Å². The summed E-state index contributed by atoms with van der Waals surface area (Å²) in [6, 6.07) is 18.4. The van der Waals surface area contributed by atoms with E-state index in [1.165, 1.54) is 21.9 Å². The molecular weight excluding hydrogens is 466 g/mol. The Morgan fingerprint density at radius 3 is 2.46 bits per heavy atom. The maximum atomic E-state index is 12.7. The van der Waals surface area contributed by atoms with Gasteiger partial charge < -0.3 is 14.4 Å². The average molecular weight is 492 g/mol. The van der Waals surface area contributed by atoms with E-state index in [9.17, 15) is 9.59 Å². The van der Waals surface area contributed by atoms with Crippen molar-refractivity contribution in [2.75, 3.05) is 39.9 Å². The fraction of sp³-hybridized carbons (Fsp3) is 0.280. The van der Waals surface area contributed by atoms with Gasteiger partial charge >= 0.3 is 0 Å². The van der Waals surface area contributed by atoms with Crippen LogP contribution in [-0.4, -0.2) is 70.2 Å². The molecule has 9 nitrogen and oxygen atoms in total. The largest absolute Gasteiger partial charge is 0.497 e. The maximum Gasteiger partial charge on any atom is 0.275 e. The molecule has 1 aliphatic rings. The number of hydrogen-bond acceptors (Lipinski definition) is 8. The molecule has 1 fully saturated rings. The molecule has 0 radical (unpaired) electrons. The van der Waals surface area contributed by atoms with Crippen LogP contribution in [0.5, 0.6) is 11.5 Å². The Kier molecular flexibility index (Phi) is 6.73. The molecule has 5 rings (SSSR count). The molecule has 10 heteroatoms. The number of benzene rings is 2. The van der Waals surface area contributed by atoms with Gasteiger partial charge in [-0.15, -0.1) is 0 Å². The second kappa shape index (κ2) is 10.2. The quantitative estimate of drug-likeness (QED) is 0.393. The number of amides is 1. The molecule has 0 unspecified atom stereocenters. The monoisotopic (exact) mass is 491 g/mol. The van der Waals surface area contributed by atoms with E-state index in [0.29, 0.717) is 49.1 Å². The zero-order chi connectivity index (χ0) is 24.2. The van der Waals surface area contributed by atoms with Crippen molar-refractivity contribution in [3.8, 4) is 22.1 Å². The molecular formula is C25H25N5O4S. The Morgan fingerprint density at radius 1 is 1.00 bits per heavy atom. The van der Waals surface area contributed by atoms with E-state index in [1.807, 2.05) is 59.5 Å². The maximum absolute atomic E-state index is 12.7. The van der Waals surface area contributed by atoms with E-state index < -0.39 is 0 Å². The van der Waals surface area contributed by atoms with Gasteiger partial charge in [0.15, 0.2) is 6.61 Å². The van der Waals surface area contributed by atoms with Gasteiger partial charge in [-0.3, -0.25) is 14.5 Å². The number of carbonyl (C=O) groups excluding carboxylic acids is 1. The molecule has 0 atom stereocenters. The second-order valence-corrected chi connectivity index (χ2v) is 9.13. The van der Waals surface area contributed by atoms with Gasteiger partial charge in [0, 0.05) is 44.4 Å². The molecule has 2 aromatic heterocycles. The lowest BCUT2D eigenvalue weighted by Crippen LogP contribution is -2.49. The van der Waals surface area contributed by atoms with Crippen molar-refractivity contribution in [1.29, 1.82) is 0 Å². The zero-order valence-corrected chi connectivity index (χ0v) is 20.1. The van der Waals surface area contributed by atoms with Crippen LogP contribution in [0.4, 0.5) is 0 Å². The van der Waals surface area contributed by atoms with Gasteiger partial charge in [-0.25, -0.2) is 4.98 Å². The van der Waals surface area contributed by atoms with E-state index >= 15 is 0 Å². The molecule has 4 aromatic rings. The second-order valence-electron chi connectivity index (χ2n) is 8.17. The smallest absolute Gasteiger partial charge is 0.275 e. The topological polar surface area (TPSA) is 89.3 Å². The zero-order valence-electron chi connectivity index (χ0n) is 19.3. The van der Waals surface area contributed by atoms with Crippen LogP contribution in [0.15, 0.2) is 65.5 Å². The van der Waals surface area contributed by atoms with Gasteiger partial charge in [-0.2, -0.15) is 9.61 Å². The highest BCUT2D eigenvalue weighted by Crippen LogP contribution is 2.26. The SMILES string of the molecule is COc1ccc(-c2nn3c(=O)cc(CN4CCN(C(=O)COc5ccccc5)CC4)nc3s2)cc1. The molecule has 0 spiro atoms. The van der Waals surface area contributed by atoms with Crippen LogP contribution < -0.4 is 15.0 Å². The highest BCUT2D eigenvalue weighted by Gasteiger charge is 2.22. The fourth-order valence-corrected chi connectivity index (χ4v) is 4.85. The minimum Gasteiger partial charge on any atom is -0.497 e. The van der Waals surface area contributed by atoms with E-state index in [4.69, 9.17) is 9.47 Å². The van der Waals surface area contributed by atoms with Crippen molar-refractivity contribution in [3.05, 3.63) is 76.7 Å². The number of ether oxygens (including phenoxy) is 2. The third-order valence-electron chi connectivity index (χ3n) is 5.85. The number of methoxy groups -OCH3 is 1. The van der Waals surface area contributed by atoms with E-state index in [0.717, 1.165) is 16.3 Å². The first-order valence-electron chi connectivity index (χ1n) is 11.3. The number of para-hydroxylation sites is 1. The number of fused-ring (bicyclic) bond motifs is 1. The van der Waals surface area contributed by atoms with Crippen LogP contribution in [0, 0.1) is 0 Å². The predicted molar refractivity (Wildman–Crippen MR) is 133 cm³/mol. The summed E-state index contributed by atoms with van der Waals surface area (Å²) in [7, 11) is 1.62. The molecule has 3 heterocycles. The molecule has 180 valence electrons. The fourth-order valence-electron chi connectivity index (χ4n) is 3.93. The predicted octanol–water partition coefficient (Wildman–Crippen LogP) is 2.55. The van der Waals surface area contributed by atoms with Gasteiger partial charge in [-0.05, 0) is 36.4 Å². The molecule has 1 aliphatic heterocycles. The third kappa shape index (κ3) is 5.33. The molecule has 35 heavy (non-hydrogen) atoms. The van der Waals surface area contributed by atoms with Crippen molar-refractivity contribution in [2.24, 2.45) is 0 Å². The first-order valence-corrected chi connectivity index (χ1v) is 12.1. The average Bonchev–Trinajstić information content (AvgIpc) is 3.33. The Balaban J connectivity index is 1.20. The van der Waals surface area contributed by atoms with E-state index in [2.05, 4.69) is 15.0 Å². The Labute approximate surface area is 206 Å². The number of nitrogens with zero attached hydrogens (tertiary/aromatic N) is 5. The summed E-state index contributed by atoms with van der Waals surface area (Å²) < 4.78 is 12.1. The van der Waals surface area contributed by atoms with Gasteiger partial charge in [-0.1, -0.05) is 29.5 Å². The minimum atomic E-state index is -0.201.